The van der Waals surface area contributed by atoms with Gasteiger partial charge in [-0.25, -0.2) is 0 Å². The molecular formula is C17H30N2O. The van der Waals surface area contributed by atoms with Gasteiger partial charge in [-0.2, -0.15) is 0 Å². The van der Waals surface area contributed by atoms with Crippen LogP contribution in [-0.4, -0.2) is 24.0 Å². The molecule has 2 heterocycles. The van der Waals surface area contributed by atoms with E-state index in [1.807, 2.05) is 6.07 Å². The lowest BCUT2D eigenvalue weighted by molar-refractivity contribution is 0.150. The van der Waals surface area contributed by atoms with Gasteiger partial charge in [-0.05, 0) is 62.7 Å². The fourth-order valence-electron chi connectivity index (χ4n) is 3.49. The van der Waals surface area contributed by atoms with Crippen LogP contribution in [0.5, 0.6) is 0 Å². The molecule has 0 bridgehead atoms. The van der Waals surface area contributed by atoms with Gasteiger partial charge >= 0.3 is 0 Å². The van der Waals surface area contributed by atoms with Crippen molar-refractivity contribution in [3.63, 3.8) is 0 Å². The Morgan fingerprint density at radius 1 is 1.30 bits per heavy atom. The Balaban J connectivity index is 2.08. The summed E-state index contributed by atoms with van der Waals surface area (Å²) < 4.78 is 5.62. The van der Waals surface area contributed by atoms with Crippen LogP contribution >= 0.6 is 0 Å². The summed E-state index contributed by atoms with van der Waals surface area (Å²) in [5.74, 6) is 1.81. The molecule has 20 heavy (non-hydrogen) atoms. The third kappa shape index (κ3) is 3.64. The predicted molar refractivity (Wildman–Crippen MR) is 83.5 cm³/mol. The first-order valence-corrected chi connectivity index (χ1v) is 7.92. The topological polar surface area (TPSA) is 42.4 Å². The van der Waals surface area contributed by atoms with E-state index in [0.29, 0.717) is 5.41 Å². The van der Waals surface area contributed by atoms with E-state index < -0.39 is 0 Å². The van der Waals surface area contributed by atoms with E-state index in [1.165, 1.54) is 19.3 Å². The van der Waals surface area contributed by atoms with Crippen molar-refractivity contribution < 1.29 is 4.42 Å². The maximum atomic E-state index is 6.23. The summed E-state index contributed by atoms with van der Waals surface area (Å²) >= 11 is 0. The Kier molecular flexibility index (Phi) is 4.92. The van der Waals surface area contributed by atoms with Crippen LogP contribution in [0.2, 0.25) is 0 Å². The second-order valence-corrected chi connectivity index (χ2v) is 7.35. The zero-order valence-electron chi connectivity index (χ0n) is 13.4. The minimum absolute atomic E-state index is 0.0901. The fourth-order valence-corrected chi connectivity index (χ4v) is 3.49. The minimum atomic E-state index is 0.0901. The maximum absolute atomic E-state index is 6.23. The highest BCUT2D eigenvalue weighted by Crippen LogP contribution is 2.36. The number of nitrogens with zero attached hydrogens (tertiary/aromatic N) is 1. The molecule has 3 heteroatoms. The highest BCUT2D eigenvalue weighted by Gasteiger charge is 2.32. The van der Waals surface area contributed by atoms with E-state index >= 15 is 0 Å². The highest BCUT2D eigenvalue weighted by molar-refractivity contribution is 5.07. The molecule has 1 aliphatic rings. The predicted octanol–water partition coefficient (Wildman–Crippen LogP) is 3.82. The van der Waals surface area contributed by atoms with E-state index in [2.05, 4.69) is 38.7 Å². The molecule has 3 unspecified atom stereocenters. The van der Waals surface area contributed by atoms with Gasteiger partial charge in [-0.3, -0.25) is 4.90 Å². The van der Waals surface area contributed by atoms with Crippen molar-refractivity contribution in [1.29, 1.82) is 0 Å². The molecule has 3 atom stereocenters. The third-order valence-electron chi connectivity index (χ3n) is 4.71. The SMILES string of the molecule is CC(N)C(c1ccco1)N1CCCC(C(C)(C)C)CC1. The summed E-state index contributed by atoms with van der Waals surface area (Å²) in [4.78, 5) is 2.52. The van der Waals surface area contributed by atoms with Crippen molar-refractivity contribution in [2.45, 2.75) is 59.0 Å². The van der Waals surface area contributed by atoms with Gasteiger partial charge in [0.1, 0.15) is 5.76 Å². The van der Waals surface area contributed by atoms with Gasteiger partial charge in [-0.15, -0.1) is 0 Å². The number of nitrogens with two attached hydrogens (primary N) is 1. The Morgan fingerprint density at radius 3 is 2.60 bits per heavy atom. The normalized spacial score (nSPS) is 25.1. The molecule has 0 saturated carbocycles. The van der Waals surface area contributed by atoms with Crippen molar-refractivity contribution in [3.8, 4) is 0 Å². The van der Waals surface area contributed by atoms with Gasteiger partial charge in [0.25, 0.3) is 0 Å². The number of hydrogen-bond acceptors (Lipinski definition) is 3. The second kappa shape index (κ2) is 6.31. The van der Waals surface area contributed by atoms with E-state index in [4.69, 9.17) is 10.2 Å². The molecule has 0 spiro atoms. The monoisotopic (exact) mass is 278 g/mol. The molecule has 1 saturated heterocycles. The first kappa shape index (κ1) is 15.6. The molecule has 1 aromatic heterocycles. The van der Waals surface area contributed by atoms with Crippen LogP contribution < -0.4 is 5.73 Å². The Bertz CT molecular complexity index is 392. The standard InChI is InChI=1S/C17H30N2O/c1-13(18)16(15-8-6-12-20-15)19-10-5-7-14(9-11-19)17(2,3)4/h6,8,12-14,16H,5,7,9-11,18H2,1-4H3. The number of furan rings is 1. The minimum Gasteiger partial charge on any atom is -0.468 e. The van der Waals surface area contributed by atoms with E-state index in [9.17, 15) is 0 Å². The van der Waals surface area contributed by atoms with Gasteiger partial charge in [0, 0.05) is 6.04 Å². The lowest BCUT2D eigenvalue weighted by Gasteiger charge is -2.33. The van der Waals surface area contributed by atoms with Crippen molar-refractivity contribution in [3.05, 3.63) is 24.2 Å². The second-order valence-electron chi connectivity index (χ2n) is 7.35. The molecule has 0 amide bonds. The van der Waals surface area contributed by atoms with Crippen LogP contribution in [-0.2, 0) is 0 Å². The molecule has 1 aliphatic heterocycles. The summed E-state index contributed by atoms with van der Waals surface area (Å²) in [5, 5.41) is 0. The molecule has 0 aromatic carbocycles. The molecule has 3 nitrogen and oxygen atoms in total. The van der Waals surface area contributed by atoms with E-state index in [1.54, 1.807) is 6.26 Å². The summed E-state index contributed by atoms with van der Waals surface area (Å²) in [7, 11) is 0. The third-order valence-corrected chi connectivity index (χ3v) is 4.71. The van der Waals surface area contributed by atoms with Crippen molar-refractivity contribution in [2.24, 2.45) is 17.1 Å². The quantitative estimate of drug-likeness (QED) is 0.914. The zero-order chi connectivity index (χ0) is 14.8. The largest absolute Gasteiger partial charge is 0.468 e. The van der Waals surface area contributed by atoms with Crippen molar-refractivity contribution in [1.82, 2.24) is 4.90 Å². The Labute approximate surface area is 123 Å². The first-order chi connectivity index (χ1) is 9.39. The number of likely N-dealkylation sites (tertiary alicyclic amines) is 1. The molecule has 114 valence electrons. The van der Waals surface area contributed by atoms with Gasteiger partial charge < -0.3 is 10.2 Å². The van der Waals surface area contributed by atoms with Crippen molar-refractivity contribution >= 4 is 0 Å². The van der Waals surface area contributed by atoms with Crippen LogP contribution in [0.25, 0.3) is 0 Å². The van der Waals surface area contributed by atoms with Gasteiger partial charge in [0.15, 0.2) is 0 Å². The number of rotatable bonds is 3. The molecule has 2 rings (SSSR count). The molecule has 2 N–H and O–H groups in total. The zero-order valence-corrected chi connectivity index (χ0v) is 13.4. The van der Waals surface area contributed by atoms with Crippen molar-refractivity contribution in [2.75, 3.05) is 13.1 Å². The highest BCUT2D eigenvalue weighted by atomic mass is 16.3. The van der Waals surface area contributed by atoms with Gasteiger partial charge in [-0.1, -0.05) is 20.8 Å². The van der Waals surface area contributed by atoms with E-state index in [0.717, 1.165) is 24.8 Å². The average Bonchev–Trinajstić information content (AvgIpc) is 2.72. The van der Waals surface area contributed by atoms with Crippen LogP contribution in [0.1, 0.15) is 58.8 Å². The van der Waals surface area contributed by atoms with Gasteiger partial charge in [0.05, 0.1) is 12.3 Å². The Morgan fingerprint density at radius 2 is 2.05 bits per heavy atom. The summed E-state index contributed by atoms with van der Waals surface area (Å²) in [5.41, 5.74) is 6.64. The smallest absolute Gasteiger partial charge is 0.122 e. The van der Waals surface area contributed by atoms with Crippen LogP contribution in [0.3, 0.4) is 0 Å². The molecule has 0 radical (unpaired) electrons. The van der Waals surface area contributed by atoms with Crippen LogP contribution in [0.15, 0.2) is 22.8 Å². The summed E-state index contributed by atoms with van der Waals surface area (Å²) in [6.07, 6.45) is 5.59. The molecular weight excluding hydrogens is 248 g/mol. The summed E-state index contributed by atoms with van der Waals surface area (Å²) in [6.45, 7) is 11.4. The first-order valence-electron chi connectivity index (χ1n) is 7.92. The average molecular weight is 278 g/mol. The van der Waals surface area contributed by atoms with Crippen LogP contribution in [0, 0.1) is 11.3 Å². The maximum Gasteiger partial charge on any atom is 0.122 e. The molecule has 1 fully saturated rings. The van der Waals surface area contributed by atoms with Crippen LogP contribution in [0.4, 0.5) is 0 Å². The lowest BCUT2D eigenvalue weighted by atomic mass is 9.77. The van der Waals surface area contributed by atoms with Gasteiger partial charge in [0.2, 0.25) is 0 Å². The van der Waals surface area contributed by atoms with E-state index in [-0.39, 0.29) is 12.1 Å². The lowest BCUT2D eigenvalue weighted by Crippen LogP contribution is -2.40. The molecule has 0 aliphatic carbocycles. The summed E-state index contributed by atoms with van der Waals surface area (Å²) in [6, 6.07) is 4.32. The fraction of sp³-hybridized carbons (Fsp3) is 0.765. The molecule has 1 aromatic rings. The Hall–Kier alpha value is -0.800. The number of hydrogen-bond donors (Lipinski definition) is 1.